The summed E-state index contributed by atoms with van der Waals surface area (Å²) in [5.74, 6) is 0.0317. The number of rotatable bonds is 3. The lowest BCUT2D eigenvalue weighted by molar-refractivity contribution is 0.0378. The average molecular weight is 387 g/mol. The second-order valence-electron chi connectivity index (χ2n) is 8.12. The molecule has 0 bridgehead atoms. The number of ether oxygens (including phenoxy) is 1. The molecule has 0 amide bonds. The molecule has 2 aromatic heterocycles. The van der Waals surface area contributed by atoms with Gasteiger partial charge in [-0.1, -0.05) is 13.8 Å². The van der Waals surface area contributed by atoms with E-state index < -0.39 is 5.97 Å². The lowest BCUT2D eigenvalue weighted by atomic mass is 9.91. The van der Waals surface area contributed by atoms with Crippen LogP contribution >= 0.6 is 11.6 Å². The Kier molecular flexibility index (Phi) is 4.34. The molecule has 0 atom stereocenters. The van der Waals surface area contributed by atoms with Gasteiger partial charge >= 0.3 is 5.97 Å². The van der Waals surface area contributed by atoms with Crippen molar-refractivity contribution in [3.05, 3.63) is 40.1 Å². The van der Waals surface area contributed by atoms with Crippen LogP contribution in [0, 0.1) is 0 Å². The van der Waals surface area contributed by atoms with E-state index in [1.165, 1.54) is 17.5 Å². The molecule has 6 nitrogen and oxygen atoms in total. The number of halogens is 1. The standard InChI is InChI=1S/C20H23ClN4O2/c1-11(2)27-18(26)13-9-22-19(21)24-17(13)25-10-20(3,4)16-15(25)8-12-6-5-7-14(12)23-16/h8-9,11H,5-7,10H2,1-4H3. The third-order valence-corrected chi connectivity index (χ3v) is 5.26. The summed E-state index contributed by atoms with van der Waals surface area (Å²) in [5.41, 5.74) is 4.67. The van der Waals surface area contributed by atoms with Crippen molar-refractivity contribution >= 4 is 29.1 Å². The summed E-state index contributed by atoms with van der Waals surface area (Å²) in [5, 5.41) is 0.103. The van der Waals surface area contributed by atoms with Gasteiger partial charge in [0.05, 0.1) is 17.5 Å². The Labute approximate surface area is 163 Å². The maximum atomic E-state index is 12.6. The minimum Gasteiger partial charge on any atom is -0.459 e. The highest BCUT2D eigenvalue weighted by Crippen LogP contribution is 2.45. The monoisotopic (exact) mass is 386 g/mol. The molecular formula is C20H23ClN4O2. The summed E-state index contributed by atoms with van der Waals surface area (Å²) in [6.07, 6.45) is 4.42. The van der Waals surface area contributed by atoms with E-state index in [2.05, 4.69) is 29.9 Å². The van der Waals surface area contributed by atoms with Crippen molar-refractivity contribution in [2.45, 2.75) is 58.5 Å². The van der Waals surface area contributed by atoms with Gasteiger partial charge in [-0.3, -0.25) is 4.98 Å². The molecule has 0 radical (unpaired) electrons. The summed E-state index contributed by atoms with van der Waals surface area (Å²) in [7, 11) is 0. The predicted molar refractivity (Wildman–Crippen MR) is 104 cm³/mol. The molecule has 0 saturated heterocycles. The molecule has 2 aromatic rings. The number of esters is 1. The molecule has 1 aliphatic carbocycles. The predicted octanol–water partition coefficient (Wildman–Crippen LogP) is 4.01. The highest BCUT2D eigenvalue weighted by atomic mass is 35.5. The first kappa shape index (κ1) is 18.2. The number of aromatic nitrogens is 3. The minimum absolute atomic E-state index is 0.103. The van der Waals surface area contributed by atoms with Crippen molar-refractivity contribution in [2.75, 3.05) is 11.4 Å². The Bertz CT molecular complexity index is 926. The number of fused-ring (bicyclic) bond motifs is 2. The summed E-state index contributed by atoms with van der Waals surface area (Å²) in [6, 6.07) is 2.20. The number of hydrogen-bond acceptors (Lipinski definition) is 6. The Balaban J connectivity index is 1.84. The van der Waals surface area contributed by atoms with Gasteiger partial charge in [0.15, 0.2) is 5.82 Å². The summed E-state index contributed by atoms with van der Waals surface area (Å²) >= 11 is 6.08. The second-order valence-corrected chi connectivity index (χ2v) is 8.45. The van der Waals surface area contributed by atoms with E-state index in [0.29, 0.717) is 17.9 Å². The largest absolute Gasteiger partial charge is 0.459 e. The average Bonchev–Trinajstić information content (AvgIpc) is 3.14. The third kappa shape index (κ3) is 3.16. The summed E-state index contributed by atoms with van der Waals surface area (Å²) in [4.78, 5) is 28.0. The fourth-order valence-electron chi connectivity index (χ4n) is 3.89. The molecule has 0 spiro atoms. The molecule has 2 aliphatic rings. The second kappa shape index (κ2) is 6.44. The van der Waals surface area contributed by atoms with Gasteiger partial charge in [0.2, 0.25) is 5.28 Å². The number of hydrogen-bond donors (Lipinski definition) is 0. The van der Waals surface area contributed by atoms with Crippen LogP contribution in [0.5, 0.6) is 0 Å². The topological polar surface area (TPSA) is 68.2 Å². The van der Waals surface area contributed by atoms with Crippen LogP contribution in [0.4, 0.5) is 11.5 Å². The number of aryl methyl sites for hydroxylation is 2. The van der Waals surface area contributed by atoms with Crippen molar-refractivity contribution in [1.82, 2.24) is 15.0 Å². The van der Waals surface area contributed by atoms with Crippen LogP contribution in [0.2, 0.25) is 5.28 Å². The Morgan fingerprint density at radius 3 is 2.81 bits per heavy atom. The van der Waals surface area contributed by atoms with Crippen LogP contribution in [-0.4, -0.2) is 33.6 Å². The molecule has 0 N–H and O–H groups in total. The van der Waals surface area contributed by atoms with Crippen molar-refractivity contribution < 1.29 is 9.53 Å². The molecule has 4 rings (SSSR count). The molecule has 3 heterocycles. The fraction of sp³-hybridized carbons (Fsp3) is 0.500. The van der Waals surface area contributed by atoms with Crippen LogP contribution in [0.25, 0.3) is 0 Å². The zero-order valence-electron chi connectivity index (χ0n) is 16.0. The molecule has 0 fully saturated rings. The number of carbonyl (C=O) groups excluding carboxylic acids is 1. The molecule has 0 aromatic carbocycles. The van der Waals surface area contributed by atoms with Gasteiger partial charge < -0.3 is 9.64 Å². The van der Waals surface area contributed by atoms with Crippen LogP contribution < -0.4 is 4.90 Å². The van der Waals surface area contributed by atoms with Gasteiger partial charge in [0, 0.05) is 23.9 Å². The van der Waals surface area contributed by atoms with Crippen LogP contribution in [0.15, 0.2) is 12.3 Å². The van der Waals surface area contributed by atoms with Crippen LogP contribution in [0.1, 0.15) is 61.4 Å². The molecule has 142 valence electrons. The van der Waals surface area contributed by atoms with Crippen molar-refractivity contribution in [2.24, 2.45) is 0 Å². The van der Waals surface area contributed by atoms with Gasteiger partial charge in [-0.2, -0.15) is 4.98 Å². The van der Waals surface area contributed by atoms with Crippen molar-refractivity contribution in [1.29, 1.82) is 0 Å². The molecule has 7 heteroatoms. The van der Waals surface area contributed by atoms with E-state index in [4.69, 9.17) is 21.3 Å². The molecule has 27 heavy (non-hydrogen) atoms. The van der Waals surface area contributed by atoms with Gasteiger partial charge in [-0.25, -0.2) is 9.78 Å². The number of carbonyl (C=O) groups is 1. The van der Waals surface area contributed by atoms with Crippen LogP contribution in [-0.2, 0) is 23.0 Å². The molecule has 0 unspecified atom stereocenters. The SMILES string of the molecule is CC(C)OC(=O)c1cnc(Cl)nc1N1CC(C)(C)c2nc3c(cc21)CCC3. The third-order valence-electron chi connectivity index (χ3n) is 5.07. The lowest BCUT2D eigenvalue weighted by Crippen LogP contribution is -2.28. The molecule has 0 saturated carbocycles. The Morgan fingerprint density at radius 2 is 2.07 bits per heavy atom. The normalized spacial score (nSPS) is 17.2. The molecular weight excluding hydrogens is 364 g/mol. The first-order chi connectivity index (χ1) is 12.8. The van der Waals surface area contributed by atoms with Gasteiger partial charge in [-0.05, 0) is 56.3 Å². The van der Waals surface area contributed by atoms with Crippen molar-refractivity contribution in [3.63, 3.8) is 0 Å². The summed E-state index contributed by atoms with van der Waals surface area (Å²) < 4.78 is 5.39. The van der Waals surface area contributed by atoms with Gasteiger partial charge in [0.1, 0.15) is 5.56 Å². The smallest absolute Gasteiger partial charge is 0.343 e. The Morgan fingerprint density at radius 1 is 1.30 bits per heavy atom. The van der Waals surface area contributed by atoms with E-state index >= 15 is 0 Å². The number of pyridine rings is 1. The summed E-state index contributed by atoms with van der Waals surface area (Å²) in [6.45, 7) is 8.61. The van der Waals surface area contributed by atoms with Gasteiger partial charge in [-0.15, -0.1) is 0 Å². The van der Waals surface area contributed by atoms with E-state index in [0.717, 1.165) is 30.6 Å². The minimum atomic E-state index is -0.447. The van der Waals surface area contributed by atoms with E-state index in [9.17, 15) is 4.79 Å². The first-order valence-corrected chi connectivity index (χ1v) is 9.68. The van der Waals surface area contributed by atoms with Crippen LogP contribution in [0.3, 0.4) is 0 Å². The zero-order chi connectivity index (χ0) is 19.3. The fourth-order valence-corrected chi connectivity index (χ4v) is 4.02. The quantitative estimate of drug-likeness (QED) is 0.586. The Hall–Kier alpha value is -2.21. The van der Waals surface area contributed by atoms with Gasteiger partial charge in [0.25, 0.3) is 0 Å². The van der Waals surface area contributed by atoms with E-state index in [1.54, 1.807) is 0 Å². The number of anilines is 2. The maximum absolute atomic E-state index is 12.6. The molecule has 1 aliphatic heterocycles. The highest BCUT2D eigenvalue weighted by Gasteiger charge is 2.40. The number of nitrogens with zero attached hydrogens (tertiary/aromatic N) is 4. The van der Waals surface area contributed by atoms with E-state index in [1.807, 2.05) is 18.7 Å². The zero-order valence-corrected chi connectivity index (χ0v) is 16.8. The highest BCUT2D eigenvalue weighted by molar-refractivity contribution is 6.28. The lowest BCUT2D eigenvalue weighted by Gasteiger charge is -2.23. The maximum Gasteiger partial charge on any atom is 0.343 e. The van der Waals surface area contributed by atoms with E-state index in [-0.39, 0.29) is 16.8 Å². The first-order valence-electron chi connectivity index (χ1n) is 9.30. The van der Waals surface area contributed by atoms with Crippen molar-refractivity contribution in [3.8, 4) is 0 Å².